The molecule has 0 aliphatic carbocycles. The van der Waals surface area contributed by atoms with Gasteiger partial charge in [-0.2, -0.15) is 0 Å². The van der Waals surface area contributed by atoms with Crippen LogP contribution in [-0.4, -0.2) is 52.4 Å². The Hall–Kier alpha value is -2.74. The molecular weight excluding hydrogens is 466 g/mol. The summed E-state index contributed by atoms with van der Waals surface area (Å²) in [5.74, 6) is 0. The van der Waals surface area contributed by atoms with Crippen molar-refractivity contribution in [2.75, 3.05) is 37.7 Å². The van der Waals surface area contributed by atoms with Gasteiger partial charge in [0.2, 0.25) is 0 Å². The second-order valence-corrected chi connectivity index (χ2v) is 10.4. The molecule has 6 nitrogen and oxygen atoms in total. The van der Waals surface area contributed by atoms with E-state index in [0.717, 1.165) is 62.3 Å². The van der Waals surface area contributed by atoms with Crippen molar-refractivity contribution in [2.45, 2.75) is 52.7 Å². The summed E-state index contributed by atoms with van der Waals surface area (Å²) >= 11 is 5.94. The summed E-state index contributed by atoms with van der Waals surface area (Å²) in [6.45, 7) is 14.7. The third-order valence-corrected chi connectivity index (χ3v) is 8.07. The first-order valence-electron chi connectivity index (χ1n) is 13.0. The van der Waals surface area contributed by atoms with Crippen molar-refractivity contribution < 1.29 is 4.74 Å². The third-order valence-electron chi connectivity index (χ3n) is 7.76. The number of nitrogens with zero attached hydrogens (tertiary/aromatic N) is 4. The van der Waals surface area contributed by atoms with Crippen LogP contribution in [0.2, 0.25) is 0 Å². The highest BCUT2D eigenvalue weighted by molar-refractivity contribution is 7.80. The molecule has 0 unspecified atom stereocenters. The molecule has 2 aliphatic rings. The number of hydrogen-bond acceptors (Lipinski definition) is 4. The average Bonchev–Trinajstić information content (AvgIpc) is 3.37. The normalized spacial score (nSPS) is 20.7. The van der Waals surface area contributed by atoms with Gasteiger partial charge in [-0.25, -0.2) is 0 Å². The average molecular weight is 504 g/mol. The first-order valence-corrected chi connectivity index (χ1v) is 13.4. The van der Waals surface area contributed by atoms with Crippen LogP contribution in [0.3, 0.4) is 0 Å². The van der Waals surface area contributed by atoms with Gasteiger partial charge in [-0.3, -0.25) is 9.88 Å². The second-order valence-electron chi connectivity index (χ2n) is 10.1. The number of thiocarbonyl (C=S) groups is 1. The summed E-state index contributed by atoms with van der Waals surface area (Å²) in [5.41, 5.74) is 8.59. The van der Waals surface area contributed by atoms with Crippen LogP contribution in [0, 0.1) is 27.7 Å². The topological polar surface area (TPSA) is 45.6 Å². The van der Waals surface area contributed by atoms with E-state index in [1.54, 1.807) is 0 Å². The van der Waals surface area contributed by atoms with Crippen LogP contribution in [0.15, 0.2) is 48.7 Å². The van der Waals surface area contributed by atoms with E-state index < -0.39 is 0 Å². The fourth-order valence-electron chi connectivity index (χ4n) is 5.57. The Kier molecular flexibility index (Phi) is 7.42. The first-order chi connectivity index (χ1) is 17.4. The summed E-state index contributed by atoms with van der Waals surface area (Å²) in [5, 5.41) is 4.36. The van der Waals surface area contributed by atoms with Gasteiger partial charge in [0.1, 0.15) is 0 Å². The van der Waals surface area contributed by atoms with E-state index in [-0.39, 0.29) is 12.1 Å². The monoisotopic (exact) mass is 503 g/mol. The number of hydrogen-bond donors (Lipinski definition) is 1. The maximum absolute atomic E-state index is 5.94. The molecule has 0 radical (unpaired) electrons. The van der Waals surface area contributed by atoms with Crippen LogP contribution >= 0.6 is 12.2 Å². The number of morpholine rings is 1. The number of anilines is 1. The number of nitrogens with one attached hydrogen (secondary N) is 1. The molecule has 1 aromatic carbocycles. The van der Waals surface area contributed by atoms with Crippen LogP contribution in [0.25, 0.3) is 0 Å². The van der Waals surface area contributed by atoms with Gasteiger partial charge in [0, 0.05) is 49.5 Å². The van der Waals surface area contributed by atoms with Crippen molar-refractivity contribution >= 4 is 23.0 Å². The Morgan fingerprint density at radius 2 is 1.81 bits per heavy atom. The SMILES string of the molecule is Cc1ccc(N2C(=S)N[C@@H](c3ccccn3)[C@H]2c2cc(C)n(CCCN3CCOCC3)c2C)cc1C. The summed E-state index contributed by atoms with van der Waals surface area (Å²) in [6, 6.07) is 15.1. The van der Waals surface area contributed by atoms with Crippen molar-refractivity contribution in [1.82, 2.24) is 19.8 Å². The highest BCUT2D eigenvalue weighted by Crippen LogP contribution is 2.43. The van der Waals surface area contributed by atoms with E-state index in [2.05, 4.69) is 83.8 Å². The van der Waals surface area contributed by atoms with Crippen molar-refractivity contribution in [3.05, 3.63) is 82.4 Å². The van der Waals surface area contributed by atoms with Gasteiger partial charge in [-0.05, 0) is 93.4 Å². The molecule has 1 N–H and O–H groups in total. The predicted octanol–water partition coefficient (Wildman–Crippen LogP) is 5.02. The highest BCUT2D eigenvalue weighted by atomic mass is 32.1. The molecule has 2 saturated heterocycles. The first kappa shape index (κ1) is 24.9. The molecule has 3 aromatic rings. The van der Waals surface area contributed by atoms with Gasteiger partial charge >= 0.3 is 0 Å². The number of rotatable bonds is 7. The van der Waals surface area contributed by atoms with Crippen molar-refractivity contribution in [1.29, 1.82) is 0 Å². The highest BCUT2D eigenvalue weighted by Gasteiger charge is 2.42. The molecule has 36 heavy (non-hydrogen) atoms. The number of benzene rings is 1. The molecule has 0 spiro atoms. The van der Waals surface area contributed by atoms with Crippen molar-refractivity contribution in [2.24, 2.45) is 0 Å². The molecule has 190 valence electrons. The van der Waals surface area contributed by atoms with Gasteiger partial charge in [-0.15, -0.1) is 0 Å². The van der Waals surface area contributed by atoms with E-state index >= 15 is 0 Å². The smallest absolute Gasteiger partial charge is 0.174 e. The van der Waals surface area contributed by atoms with Gasteiger partial charge in [0.05, 0.1) is 31.0 Å². The van der Waals surface area contributed by atoms with Crippen LogP contribution in [0.5, 0.6) is 0 Å². The molecule has 2 fully saturated rings. The molecule has 0 saturated carbocycles. The number of pyridine rings is 1. The minimum Gasteiger partial charge on any atom is -0.379 e. The zero-order chi connectivity index (χ0) is 25.2. The zero-order valence-corrected chi connectivity index (χ0v) is 22.6. The maximum Gasteiger partial charge on any atom is 0.174 e. The predicted molar refractivity (Wildman–Crippen MR) is 150 cm³/mol. The van der Waals surface area contributed by atoms with E-state index in [1.165, 1.54) is 28.1 Å². The largest absolute Gasteiger partial charge is 0.379 e. The molecule has 0 bridgehead atoms. The molecule has 2 aromatic heterocycles. The van der Waals surface area contributed by atoms with Crippen LogP contribution in [-0.2, 0) is 11.3 Å². The van der Waals surface area contributed by atoms with E-state index in [9.17, 15) is 0 Å². The summed E-state index contributed by atoms with van der Waals surface area (Å²) in [7, 11) is 0. The molecule has 7 heteroatoms. The Labute approximate surface area is 220 Å². The molecule has 2 atom stereocenters. The Bertz CT molecular complexity index is 1220. The third kappa shape index (κ3) is 4.92. The Balaban J connectivity index is 1.48. The molecule has 5 rings (SSSR count). The molecule has 0 amide bonds. The fraction of sp³-hybridized carbons (Fsp3) is 0.448. The quantitative estimate of drug-likeness (QED) is 0.457. The molecule has 4 heterocycles. The minimum absolute atomic E-state index is 0.0219. The van der Waals surface area contributed by atoms with Crippen LogP contribution in [0.4, 0.5) is 5.69 Å². The summed E-state index contributed by atoms with van der Waals surface area (Å²) in [6.07, 6.45) is 2.99. The van der Waals surface area contributed by atoms with Gasteiger partial charge < -0.3 is 19.5 Å². The Morgan fingerprint density at radius 1 is 1.00 bits per heavy atom. The lowest BCUT2D eigenvalue weighted by Gasteiger charge is -2.29. The number of aromatic nitrogens is 2. The van der Waals surface area contributed by atoms with Gasteiger partial charge in [-0.1, -0.05) is 12.1 Å². The maximum atomic E-state index is 5.94. The van der Waals surface area contributed by atoms with E-state index in [0.29, 0.717) is 0 Å². The van der Waals surface area contributed by atoms with Crippen LogP contribution in [0.1, 0.15) is 52.3 Å². The fourth-order valence-corrected chi connectivity index (χ4v) is 5.92. The standard InChI is InChI=1S/C29H37N5OS/c1-20-9-10-24(18-21(20)2)34-28(27(31-29(34)36)26-8-5-6-11-30-26)25-19-22(3)33(23(25)4)13-7-12-32-14-16-35-17-15-32/h5-6,8-11,18-19,27-28H,7,12-17H2,1-4H3,(H,31,36)/t27-,28+/m0/s1. The van der Waals surface area contributed by atoms with Gasteiger partial charge in [0.25, 0.3) is 0 Å². The van der Waals surface area contributed by atoms with E-state index in [1.807, 2.05) is 12.3 Å². The molecular formula is C29H37N5OS. The Morgan fingerprint density at radius 3 is 2.53 bits per heavy atom. The summed E-state index contributed by atoms with van der Waals surface area (Å²) < 4.78 is 7.98. The van der Waals surface area contributed by atoms with Crippen molar-refractivity contribution in [3.8, 4) is 0 Å². The molecule has 2 aliphatic heterocycles. The zero-order valence-electron chi connectivity index (χ0n) is 21.8. The van der Waals surface area contributed by atoms with E-state index in [4.69, 9.17) is 21.9 Å². The lowest BCUT2D eigenvalue weighted by atomic mass is 9.96. The van der Waals surface area contributed by atoms with Gasteiger partial charge in [0.15, 0.2) is 5.11 Å². The number of aryl methyl sites for hydroxylation is 3. The lowest BCUT2D eigenvalue weighted by molar-refractivity contribution is 0.0369. The van der Waals surface area contributed by atoms with Crippen LogP contribution < -0.4 is 10.2 Å². The number of ether oxygens (including phenoxy) is 1. The van der Waals surface area contributed by atoms with Crippen molar-refractivity contribution in [3.63, 3.8) is 0 Å². The summed E-state index contributed by atoms with van der Waals surface area (Å²) in [4.78, 5) is 9.52. The second kappa shape index (κ2) is 10.7. The lowest BCUT2D eigenvalue weighted by Crippen LogP contribution is -2.37. The minimum atomic E-state index is -0.0254.